The van der Waals surface area contributed by atoms with Crippen LogP contribution in [-0.4, -0.2) is 82.7 Å². The highest BCUT2D eigenvalue weighted by Crippen LogP contribution is 2.72. The predicted octanol–water partition coefficient (Wildman–Crippen LogP) is 3.15. The average molecular weight is 669 g/mol. The van der Waals surface area contributed by atoms with Crippen LogP contribution < -0.4 is 5.32 Å². The number of ketones is 2. The minimum atomic E-state index is -2.34. The van der Waals surface area contributed by atoms with E-state index in [2.05, 4.69) is 10.2 Å². The molecule has 1 aliphatic heterocycles. The minimum absolute atomic E-state index is 0.0327. The van der Waals surface area contributed by atoms with Crippen LogP contribution in [0.5, 0.6) is 0 Å². The Morgan fingerprint density at radius 1 is 1.17 bits per heavy atom. The first-order valence-electron chi connectivity index (χ1n) is 16.0. The Morgan fingerprint density at radius 3 is 2.60 bits per heavy atom. The average Bonchev–Trinajstić information content (AvgIpc) is 3.40. The molecule has 0 aromatic carbocycles. The fraction of sp³-hybridized carbons (Fsp3) is 0.750. The molecule has 260 valence electrons. The molecule has 1 heterocycles. The van der Waals surface area contributed by atoms with E-state index in [-0.39, 0.29) is 50.1 Å². The van der Waals surface area contributed by atoms with Gasteiger partial charge in [-0.3, -0.25) is 19.2 Å². The smallest absolute Gasteiger partial charge is 0.325 e. The molecule has 2 N–H and O–H groups in total. The van der Waals surface area contributed by atoms with Gasteiger partial charge >= 0.3 is 5.97 Å². The van der Waals surface area contributed by atoms with E-state index < -0.39 is 93.7 Å². The third-order valence-corrected chi connectivity index (χ3v) is 11.1. The summed E-state index contributed by atoms with van der Waals surface area (Å²) in [5.74, 6) is -5.95. The molecule has 2 saturated carbocycles. The Morgan fingerprint density at radius 2 is 1.89 bits per heavy atom. The molecule has 0 aromatic heterocycles. The van der Waals surface area contributed by atoms with Crippen LogP contribution in [0.4, 0.5) is 8.78 Å². The summed E-state index contributed by atoms with van der Waals surface area (Å²) in [7, 11) is 0. The second-order valence-electron chi connectivity index (χ2n) is 14.2. The molecule has 47 heavy (non-hydrogen) atoms. The van der Waals surface area contributed by atoms with Gasteiger partial charge in [0.05, 0.1) is 18.8 Å². The number of hydrogen-bond acceptors (Lipinski definition) is 11. The summed E-state index contributed by atoms with van der Waals surface area (Å²) in [5, 5.41) is 23.3. The highest BCUT2D eigenvalue weighted by atomic mass is 19.1. The van der Waals surface area contributed by atoms with Gasteiger partial charge in [0.2, 0.25) is 11.7 Å². The number of halogens is 2. The van der Waals surface area contributed by atoms with Crippen LogP contribution in [0.3, 0.4) is 0 Å². The number of rotatable bonds is 12. The minimum Gasteiger partial charge on any atom is -0.456 e. The molecule has 1 saturated heterocycles. The summed E-state index contributed by atoms with van der Waals surface area (Å²) in [6.45, 7) is 5.11. The van der Waals surface area contributed by atoms with E-state index in [4.69, 9.17) is 14.2 Å². The number of hydrogen-bond donors (Lipinski definition) is 2. The Labute approximate surface area is 270 Å². The van der Waals surface area contributed by atoms with Crippen molar-refractivity contribution in [1.82, 2.24) is 5.32 Å². The zero-order valence-corrected chi connectivity index (χ0v) is 27.0. The molecule has 15 heteroatoms. The zero-order valence-electron chi connectivity index (χ0n) is 27.0. The van der Waals surface area contributed by atoms with Gasteiger partial charge in [-0.25, -0.2) is 8.78 Å². The van der Waals surface area contributed by atoms with Crippen molar-refractivity contribution in [2.45, 2.75) is 108 Å². The van der Waals surface area contributed by atoms with Crippen molar-refractivity contribution in [3.63, 3.8) is 0 Å². The highest BCUT2D eigenvalue weighted by molar-refractivity contribution is 5.94. The number of ether oxygens (including phenoxy) is 3. The summed E-state index contributed by atoms with van der Waals surface area (Å²) in [6, 6.07) is 0. The summed E-state index contributed by atoms with van der Waals surface area (Å²) in [4.78, 5) is 65.3. The van der Waals surface area contributed by atoms with Crippen LogP contribution in [0.25, 0.3) is 0 Å². The van der Waals surface area contributed by atoms with Crippen LogP contribution in [0.2, 0.25) is 0 Å². The second kappa shape index (κ2) is 12.3. The number of nitrogens with one attached hydrogen (secondary N) is 1. The highest BCUT2D eigenvalue weighted by Gasteiger charge is 2.80. The van der Waals surface area contributed by atoms with Crippen LogP contribution in [-0.2, 0) is 38.2 Å². The molecule has 5 rings (SSSR count). The number of nitrogens with zero attached hydrogens (tertiary/aromatic N) is 1. The van der Waals surface area contributed by atoms with E-state index in [9.17, 15) is 34.4 Å². The zero-order chi connectivity index (χ0) is 34.6. The quantitative estimate of drug-likeness (QED) is 0.135. The molecule has 8 atom stereocenters. The lowest BCUT2D eigenvalue weighted by molar-refractivity contribution is -0.757. The number of Topliss-reactive ketones (excluding diaryl/α,β-unsaturated/α-hetero) is 1. The predicted molar refractivity (Wildman–Crippen MR) is 157 cm³/mol. The SMILES string of the molecule is CC1(C)O[C@@H]2C[C@H]3[C@@H]4CC(F)=C5CC(=O)C=C[C@]5(C)[C@@]4(F)[C@@H](O)C[C@]3(C)[C@]2(C(=O)COC(=O)CNC(=O)CCCCCO[N+](=O)[O-])O1. The number of aliphatic hydroxyl groups excluding tert-OH is 1. The lowest BCUT2D eigenvalue weighted by Gasteiger charge is -2.62. The largest absolute Gasteiger partial charge is 0.456 e. The summed E-state index contributed by atoms with van der Waals surface area (Å²) >= 11 is 0. The molecule has 0 bridgehead atoms. The molecule has 0 aromatic rings. The van der Waals surface area contributed by atoms with Crippen molar-refractivity contribution in [2.75, 3.05) is 19.8 Å². The van der Waals surface area contributed by atoms with Gasteiger partial charge in [-0.15, -0.1) is 10.1 Å². The normalized spacial score (nSPS) is 38.1. The molecule has 0 unspecified atom stereocenters. The summed E-state index contributed by atoms with van der Waals surface area (Å²) in [5.41, 5.74) is -6.90. The summed E-state index contributed by atoms with van der Waals surface area (Å²) < 4.78 is 51.1. The lowest BCUT2D eigenvalue weighted by Crippen LogP contribution is -2.70. The van der Waals surface area contributed by atoms with Crippen LogP contribution in [0.15, 0.2) is 23.6 Å². The number of esters is 1. The molecule has 4 aliphatic carbocycles. The summed E-state index contributed by atoms with van der Waals surface area (Å²) in [6.07, 6.45) is 0.645. The molecular weight excluding hydrogens is 626 g/mol. The Bertz CT molecular complexity index is 1420. The maximum atomic E-state index is 17.5. The van der Waals surface area contributed by atoms with Gasteiger partial charge in [-0.05, 0) is 64.0 Å². The van der Waals surface area contributed by atoms with Gasteiger partial charge in [0, 0.05) is 36.0 Å². The fourth-order valence-electron chi connectivity index (χ4n) is 9.04. The first-order chi connectivity index (χ1) is 21.9. The maximum Gasteiger partial charge on any atom is 0.325 e. The van der Waals surface area contributed by atoms with Gasteiger partial charge in [0.15, 0.2) is 29.4 Å². The molecule has 0 radical (unpaired) electrons. The van der Waals surface area contributed by atoms with Crippen molar-refractivity contribution in [3.05, 3.63) is 33.7 Å². The van der Waals surface area contributed by atoms with Crippen molar-refractivity contribution in [2.24, 2.45) is 22.7 Å². The second-order valence-corrected chi connectivity index (χ2v) is 14.2. The number of unbranched alkanes of at least 4 members (excludes halogenated alkanes) is 2. The number of fused-ring (bicyclic) bond motifs is 7. The van der Waals surface area contributed by atoms with E-state index in [0.29, 0.717) is 19.3 Å². The van der Waals surface area contributed by atoms with E-state index in [0.717, 1.165) is 0 Å². The van der Waals surface area contributed by atoms with Gasteiger partial charge in [0.25, 0.3) is 5.09 Å². The molecular formula is C32H42F2N2O11. The molecule has 5 aliphatic rings. The fourth-order valence-corrected chi connectivity index (χ4v) is 9.04. The van der Waals surface area contributed by atoms with Crippen molar-refractivity contribution < 1.29 is 57.2 Å². The van der Waals surface area contributed by atoms with Crippen LogP contribution >= 0.6 is 0 Å². The lowest BCUT2D eigenvalue weighted by atomic mass is 9.45. The Balaban J connectivity index is 1.28. The number of carbonyl (C=O) groups excluding carboxylic acids is 4. The standard InChI is InChI=1S/C32H42F2N2O11/c1-28(2)46-25-14-19-20-13-22(33)21-12-18(37)9-10-29(21,3)31(20,34)23(38)15-30(19,4)32(25,47-28)24(39)17-44-27(41)16-35-26(40)8-6-5-7-11-45-36(42)43/h9-10,19-20,23,25,38H,5-8,11-17H2,1-4H3,(H,35,40)/t19-,20-,23-,25+,29-,30-,31-,32+/m0/s1. The number of alkyl halides is 1. The van der Waals surface area contributed by atoms with Crippen molar-refractivity contribution in [1.29, 1.82) is 0 Å². The molecule has 13 nitrogen and oxygen atoms in total. The molecule has 1 amide bonds. The van der Waals surface area contributed by atoms with Gasteiger partial charge in [-0.2, -0.15) is 0 Å². The van der Waals surface area contributed by atoms with Gasteiger partial charge in [-0.1, -0.05) is 19.4 Å². The topological polar surface area (TPSA) is 181 Å². The third-order valence-electron chi connectivity index (χ3n) is 11.1. The van der Waals surface area contributed by atoms with Gasteiger partial charge in [0.1, 0.15) is 12.4 Å². The Kier molecular flexibility index (Phi) is 9.16. The van der Waals surface area contributed by atoms with Gasteiger partial charge < -0.3 is 29.5 Å². The van der Waals surface area contributed by atoms with Crippen molar-refractivity contribution in [3.8, 4) is 0 Å². The number of allylic oxidation sites excluding steroid dienone is 4. The van der Waals surface area contributed by atoms with Crippen LogP contribution in [0, 0.1) is 32.8 Å². The maximum absolute atomic E-state index is 17.5. The van der Waals surface area contributed by atoms with E-state index in [1.807, 2.05) is 0 Å². The van der Waals surface area contributed by atoms with Crippen molar-refractivity contribution >= 4 is 23.4 Å². The van der Waals surface area contributed by atoms with E-state index in [1.54, 1.807) is 20.8 Å². The molecule has 0 spiro atoms. The van der Waals surface area contributed by atoms with E-state index in [1.165, 1.54) is 19.1 Å². The number of aliphatic hydroxyl groups is 1. The first kappa shape index (κ1) is 35.0. The first-order valence-corrected chi connectivity index (χ1v) is 16.0. The molecule has 3 fully saturated rings. The van der Waals surface area contributed by atoms with Crippen LogP contribution in [0.1, 0.15) is 79.1 Å². The monoisotopic (exact) mass is 668 g/mol. The third kappa shape index (κ3) is 5.67. The number of carbonyl (C=O) groups is 4. The van der Waals surface area contributed by atoms with E-state index >= 15 is 8.78 Å². The Hall–Kier alpha value is -3.30. The number of amides is 1.